The predicted octanol–water partition coefficient (Wildman–Crippen LogP) is 3.14. The molecular formula is C22H32N2O4. The number of carboxylic acid groups (broad SMARTS) is 1. The smallest absolute Gasteiger partial charge is 0.305 e. The van der Waals surface area contributed by atoms with Gasteiger partial charge in [-0.1, -0.05) is 51.5 Å². The number of aliphatic carboxylic acids is 1. The number of nitrogens with zero attached hydrogens (tertiary/aromatic N) is 1. The van der Waals surface area contributed by atoms with E-state index in [1.807, 2.05) is 36.9 Å². The van der Waals surface area contributed by atoms with Gasteiger partial charge in [0.05, 0.1) is 6.42 Å². The van der Waals surface area contributed by atoms with E-state index in [-0.39, 0.29) is 42.7 Å². The molecule has 1 saturated heterocycles. The summed E-state index contributed by atoms with van der Waals surface area (Å²) < 4.78 is 0. The number of carbonyl (C=O) groups is 3. The second kappa shape index (κ2) is 10.2. The Bertz CT molecular complexity index is 704. The minimum atomic E-state index is -0.917. The summed E-state index contributed by atoms with van der Waals surface area (Å²) in [4.78, 5) is 37.9. The van der Waals surface area contributed by atoms with Crippen molar-refractivity contribution in [2.45, 2.75) is 77.9 Å². The number of likely N-dealkylation sites (tertiary alicyclic amines) is 1. The molecule has 6 heteroatoms. The third-order valence-corrected chi connectivity index (χ3v) is 5.79. The average Bonchev–Trinajstić information content (AvgIpc) is 3.00. The quantitative estimate of drug-likeness (QED) is 0.645. The van der Waals surface area contributed by atoms with Gasteiger partial charge in [0.2, 0.25) is 11.8 Å². The van der Waals surface area contributed by atoms with Crippen LogP contribution in [0, 0.1) is 5.92 Å². The molecule has 154 valence electrons. The topological polar surface area (TPSA) is 86.7 Å². The van der Waals surface area contributed by atoms with E-state index in [9.17, 15) is 14.4 Å². The van der Waals surface area contributed by atoms with Gasteiger partial charge in [-0.15, -0.1) is 0 Å². The van der Waals surface area contributed by atoms with Crippen molar-refractivity contribution in [3.8, 4) is 0 Å². The van der Waals surface area contributed by atoms with Crippen molar-refractivity contribution in [3.05, 3.63) is 35.4 Å². The summed E-state index contributed by atoms with van der Waals surface area (Å²) in [6.07, 6.45) is 2.93. The Balaban J connectivity index is 2.03. The number of hydrogen-bond acceptors (Lipinski definition) is 3. The Morgan fingerprint density at radius 1 is 1.25 bits per heavy atom. The van der Waals surface area contributed by atoms with Crippen LogP contribution in [0.4, 0.5) is 0 Å². The molecule has 1 heterocycles. The highest BCUT2D eigenvalue weighted by Gasteiger charge is 2.33. The van der Waals surface area contributed by atoms with Crippen molar-refractivity contribution in [3.63, 3.8) is 0 Å². The van der Waals surface area contributed by atoms with Crippen LogP contribution < -0.4 is 5.32 Å². The maximum atomic E-state index is 12.6. The Hall–Kier alpha value is -2.37. The molecule has 1 fully saturated rings. The fraction of sp³-hybridized carbons (Fsp3) is 0.591. The zero-order valence-electron chi connectivity index (χ0n) is 17.1. The second-order valence-corrected chi connectivity index (χ2v) is 7.70. The standard InChI is InChI=1S/C22H32N2O4/c1-4-15(3)19(13-22(27)28)23-20(25)12-18-10-11-21(26)24(18)14-17-9-7-6-8-16(17)5-2/h6-9,15,18-19H,4-5,10-14H2,1-3H3,(H,23,25)(H,27,28)/t15-,18-,19-/m1/s1. The molecular weight excluding hydrogens is 356 g/mol. The summed E-state index contributed by atoms with van der Waals surface area (Å²) >= 11 is 0. The molecule has 0 bridgehead atoms. The van der Waals surface area contributed by atoms with Crippen LogP contribution in [-0.4, -0.2) is 39.9 Å². The van der Waals surface area contributed by atoms with Gasteiger partial charge in [-0.25, -0.2) is 0 Å². The van der Waals surface area contributed by atoms with Crippen LogP contribution in [0.25, 0.3) is 0 Å². The fourth-order valence-electron chi connectivity index (χ4n) is 3.81. The first kappa shape index (κ1) is 21.9. The van der Waals surface area contributed by atoms with Crippen molar-refractivity contribution in [1.82, 2.24) is 10.2 Å². The lowest BCUT2D eigenvalue weighted by molar-refractivity contribution is -0.138. The molecule has 3 atom stereocenters. The summed E-state index contributed by atoms with van der Waals surface area (Å²) in [6, 6.07) is 7.55. The lowest BCUT2D eigenvalue weighted by Crippen LogP contribution is -2.43. The highest BCUT2D eigenvalue weighted by Crippen LogP contribution is 2.25. The third-order valence-electron chi connectivity index (χ3n) is 5.79. The van der Waals surface area contributed by atoms with Gasteiger partial charge in [0.25, 0.3) is 0 Å². The molecule has 2 N–H and O–H groups in total. The van der Waals surface area contributed by atoms with E-state index in [1.54, 1.807) is 0 Å². The summed E-state index contributed by atoms with van der Waals surface area (Å²) in [6.45, 7) is 6.53. The van der Waals surface area contributed by atoms with Gasteiger partial charge in [-0.3, -0.25) is 14.4 Å². The molecule has 2 rings (SSSR count). The van der Waals surface area contributed by atoms with Gasteiger partial charge < -0.3 is 15.3 Å². The predicted molar refractivity (Wildman–Crippen MR) is 108 cm³/mol. The number of carbonyl (C=O) groups excluding carboxylic acids is 2. The lowest BCUT2D eigenvalue weighted by atomic mass is 9.96. The van der Waals surface area contributed by atoms with Gasteiger partial charge in [-0.05, 0) is 29.9 Å². The molecule has 0 saturated carbocycles. The highest BCUT2D eigenvalue weighted by molar-refractivity contribution is 5.82. The van der Waals surface area contributed by atoms with Crippen molar-refractivity contribution >= 4 is 17.8 Å². The minimum Gasteiger partial charge on any atom is -0.481 e. The molecule has 0 radical (unpaired) electrons. The van der Waals surface area contributed by atoms with Crippen molar-refractivity contribution in [1.29, 1.82) is 0 Å². The van der Waals surface area contributed by atoms with Crippen molar-refractivity contribution < 1.29 is 19.5 Å². The summed E-state index contributed by atoms with van der Waals surface area (Å²) in [7, 11) is 0. The molecule has 1 aliphatic rings. The summed E-state index contributed by atoms with van der Waals surface area (Å²) in [5.41, 5.74) is 2.33. The van der Waals surface area contributed by atoms with E-state index in [0.29, 0.717) is 19.4 Å². The second-order valence-electron chi connectivity index (χ2n) is 7.70. The monoisotopic (exact) mass is 388 g/mol. The van der Waals surface area contributed by atoms with Gasteiger partial charge in [0.15, 0.2) is 0 Å². The molecule has 2 amide bonds. The van der Waals surface area contributed by atoms with E-state index in [2.05, 4.69) is 18.3 Å². The summed E-state index contributed by atoms with van der Waals surface area (Å²) in [5, 5.41) is 12.0. The van der Waals surface area contributed by atoms with Crippen LogP contribution in [0.3, 0.4) is 0 Å². The van der Waals surface area contributed by atoms with Crippen LogP contribution in [0.15, 0.2) is 24.3 Å². The van der Waals surface area contributed by atoms with Crippen LogP contribution in [0.1, 0.15) is 64.0 Å². The van der Waals surface area contributed by atoms with E-state index in [4.69, 9.17) is 5.11 Å². The molecule has 0 aromatic heterocycles. The lowest BCUT2D eigenvalue weighted by Gasteiger charge is -2.27. The number of amides is 2. The molecule has 1 aromatic carbocycles. The van der Waals surface area contributed by atoms with Crippen molar-refractivity contribution in [2.24, 2.45) is 5.92 Å². The van der Waals surface area contributed by atoms with Crippen LogP contribution in [0.5, 0.6) is 0 Å². The van der Waals surface area contributed by atoms with E-state index >= 15 is 0 Å². The van der Waals surface area contributed by atoms with Gasteiger partial charge in [0.1, 0.15) is 0 Å². The average molecular weight is 389 g/mol. The molecule has 0 aliphatic carbocycles. The SMILES string of the molecule is CCc1ccccc1CN1C(=O)CC[C@@H]1CC(=O)N[C@H](CC(=O)O)[C@H](C)CC. The van der Waals surface area contributed by atoms with E-state index in [0.717, 1.165) is 18.4 Å². The fourth-order valence-corrected chi connectivity index (χ4v) is 3.81. The van der Waals surface area contributed by atoms with E-state index in [1.165, 1.54) is 5.56 Å². The van der Waals surface area contributed by atoms with Crippen molar-refractivity contribution in [2.75, 3.05) is 0 Å². The Labute approximate surface area is 167 Å². The zero-order valence-corrected chi connectivity index (χ0v) is 17.1. The molecule has 1 aromatic rings. The maximum absolute atomic E-state index is 12.6. The van der Waals surface area contributed by atoms with E-state index < -0.39 is 5.97 Å². The first-order chi connectivity index (χ1) is 13.3. The largest absolute Gasteiger partial charge is 0.481 e. The highest BCUT2D eigenvalue weighted by atomic mass is 16.4. The third kappa shape index (κ3) is 5.81. The number of nitrogens with one attached hydrogen (secondary N) is 1. The van der Waals surface area contributed by atoms with Crippen LogP contribution in [0.2, 0.25) is 0 Å². The molecule has 28 heavy (non-hydrogen) atoms. The molecule has 6 nitrogen and oxygen atoms in total. The number of rotatable bonds is 10. The molecule has 1 aliphatic heterocycles. The number of benzene rings is 1. The Kier molecular flexibility index (Phi) is 8.03. The maximum Gasteiger partial charge on any atom is 0.305 e. The van der Waals surface area contributed by atoms with Gasteiger partial charge in [0, 0.05) is 31.5 Å². The number of hydrogen-bond donors (Lipinski definition) is 2. The first-order valence-corrected chi connectivity index (χ1v) is 10.2. The Morgan fingerprint density at radius 2 is 1.93 bits per heavy atom. The first-order valence-electron chi connectivity index (χ1n) is 10.2. The Morgan fingerprint density at radius 3 is 2.54 bits per heavy atom. The van der Waals surface area contributed by atoms with Gasteiger partial charge >= 0.3 is 5.97 Å². The number of aryl methyl sites for hydroxylation is 1. The van der Waals surface area contributed by atoms with Crippen LogP contribution in [-0.2, 0) is 27.3 Å². The normalized spacial score (nSPS) is 18.8. The van der Waals surface area contributed by atoms with Gasteiger partial charge in [-0.2, -0.15) is 0 Å². The molecule has 0 unspecified atom stereocenters. The number of carboxylic acids is 1. The zero-order chi connectivity index (χ0) is 20.7. The summed E-state index contributed by atoms with van der Waals surface area (Å²) in [5.74, 6) is -0.940. The van der Waals surface area contributed by atoms with Crippen LogP contribution >= 0.6 is 0 Å². The minimum absolute atomic E-state index is 0.0766. The molecule has 0 spiro atoms.